The van der Waals surface area contributed by atoms with Crippen LogP contribution in [0.3, 0.4) is 0 Å². The Balaban J connectivity index is 1.91. The van der Waals surface area contributed by atoms with Gasteiger partial charge >= 0.3 is 6.18 Å². The van der Waals surface area contributed by atoms with E-state index >= 15 is 0 Å². The molecule has 0 saturated heterocycles. The summed E-state index contributed by atoms with van der Waals surface area (Å²) >= 11 is 22.4. The van der Waals surface area contributed by atoms with Gasteiger partial charge in [-0.2, -0.15) is 13.2 Å². The van der Waals surface area contributed by atoms with Crippen LogP contribution in [0.15, 0.2) is 36.4 Å². The van der Waals surface area contributed by atoms with Gasteiger partial charge in [0, 0.05) is 12.2 Å². The molecule has 2 aromatic rings. The van der Waals surface area contributed by atoms with Crippen LogP contribution >= 0.6 is 47.0 Å². The second-order valence-corrected chi connectivity index (χ2v) is 6.70. The molecule has 0 atom stereocenters. The maximum absolute atomic E-state index is 12.8. The first kappa shape index (κ1) is 20.1. The van der Waals surface area contributed by atoms with Crippen molar-refractivity contribution in [3.63, 3.8) is 0 Å². The first-order chi connectivity index (χ1) is 11.7. The minimum absolute atomic E-state index is 0.198. The zero-order chi connectivity index (χ0) is 18.6. The Morgan fingerprint density at radius 3 is 2.28 bits per heavy atom. The molecule has 0 bridgehead atoms. The number of hydrogen-bond acceptors (Lipinski definition) is 1. The third kappa shape index (κ3) is 5.92. The lowest BCUT2D eigenvalue weighted by molar-refractivity contribution is -0.137. The second kappa shape index (κ2) is 8.45. The lowest BCUT2D eigenvalue weighted by Crippen LogP contribution is -2.30. The van der Waals surface area contributed by atoms with Gasteiger partial charge in [-0.1, -0.05) is 40.9 Å². The number of hydrogen-bond donors (Lipinski definition) is 2. The quantitative estimate of drug-likeness (QED) is 0.569. The molecular formula is C16H12Cl3F3N2S. The van der Waals surface area contributed by atoms with Crippen LogP contribution in [0.25, 0.3) is 0 Å². The first-order valence-corrected chi connectivity index (χ1v) is 8.56. The second-order valence-electron chi connectivity index (χ2n) is 5.07. The van der Waals surface area contributed by atoms with Crippen molar-refractivity contribution in [1.29, 1.82) is 0 Å². The van der Waals surface area contributed by atoms with Crippen LogP contribution in [0.4, 0.5) is 18.9 Å². The summed E-state index contributed by atoms with van der Waals surface area (Å²) in [7, 11) is 0. The largest absolute Gasteiger partial charge is 0.417 e. The molecular weight excluding hydrogens is 416 g/mol. The van der Waals surface area contributed by atoms with E-state index in [-0.39, 0.29) is 15.8 Å². The molecule has 2 aromatic carbocycles. The summed E-state index contributed by atoms with van der Waals surface area (Å²) in [6.45, 7) is 0.476. The SMILES string of the molecule is FC(F)(F)c1cc(NC(=S)NCCc2ccc(Cl)c(Cl)c2)ccc1Cl. The minimum atomic E-state index is -4.53. The van der Waals surface area contributed by atoms with Gasteiger partial charge in [-0.25, -0.2) is 0 Å². The molecule has 2 nitrogen and oxygen atoms in total. The van der Waals surface area contributed by atoms with Gasteiger partial charge in [-0.15, -0.1) is 0 Å². The molecule has 0 aliphatic heterocycles. The van der Waals surface area contributed by atoms with Crippen LogP contribution in [0.1, 0.15) is 11.1 Å². The molecule has 0 aliphatic rings. The highest BCUT2D eigenvalue weighted by molar-refractivity contribution is 7.80. The van der Waals surface area contributed by atoms with Gasteiger partial charge in [-0.05, 0) is 54.5 Å². The van der Waals surface area contributed by atoms with E-state index in [4.69, 9.17) is 47.0 Å². The van der Waals surface area contributed by atoms with Gasteiger partial charge in [0.1, 0.15) is 0 Å². The molecule has 0 saturated carbocycles. The summed E-state index contributed by atoms with van der Waals surface area (Å²) in [4.78, 5) is 0. The summed E-state index contributed by atoms with van der Waals surface area (Å²) < 4.78 is 38.5. The summed E-state index contributed by atoms with van der Waals surface area (Å²) in [5, 5.41) is 6.39. The van der Waals surface area contributed by atoms with Gasteiger partial charge in [0.05, 0.1) is 20.6 Å². The summed E-state index contributed by atoms with van der Waals surface area (Å²) in [5.41, 5.74) is 0.233. The normalized spacial score (nSPS) is 11.3. The first-order valence-electron chi connectivity index (χ1n) is 7.02. The van der Waals surface area contributed by atoms with Crippen molar-refractivity contribution in [3.05, 3.63) is 62.6 Å². The molecule has 2 N–H and O–H groups in total. The zero-order valence-electron chi connectivity index (χ0n) is 12.6. The van der Waals surface area contributed by atoms with Crippen molar-refractivity contribution < 1.29 is 13.2 Å². The van der Waals surface area contributed by atoms with Crippen LogP contribution in [0, 0.1) is 0 Å². The highest BCUT2D eigenvalue weighted by Crippen LogP contribution is 2.36. The Morgan fingerprint density at radius 1 is 0.960 bits per heavy atom. The smallest absolute Gasteiger partial charge is 0.362 e. The molecule has 9 heteroatoms. The van der Waals surface area contributed by atoms with E-state index in [1.54, 1.807) is 12.1 Å². The molecule has 0 radical (unpaired) electrons. The van der Waals surface area contributed by atoms with Gasteiger partial charge in [0.15, 0.2) is 5.11 Å². The van der Waals surface area contributed by atoms with E-state index in [1.807, 2.05) is 6.07 Å². The highest BCUT2D eigenvalue weighted by Gasteiger charge is 2.33. The Labute approximate surface area is 163 Å². The lowest BCUT2D eigenvalue weighted by atomic mass is 10.1. The predicted octanol–water partition coefficient (Wildman–Crippen LogP) is 6.19. The molecule has 0 spiro atoms. The topological polar surface area (TPSA) is 24.1 Å². The average Bonchev–Trinajstić information content (AvgIpc) is 2.51. The van der Waals surface area contributed by atoms with E-state index in [1.165, 1.54) is 12.1 Å². The summed E-state index contributed by atoms with van der Waals surface area (Å²) in [6, 6.07) is 8.78. The Kier molecular flexibility index (Phi) is 6.79. The number of halogens is 6. The van der Waals surface area contributed by atoms with E-state index in [9.17, 15) is 13.2 Å². The Bertz CT molecular complexity index is 782. The van der Waals surface area contributed by atoms with Crippen molar-refractivity contribution >= 4 is 57.8 Å². The van der Waals surface area contributed by atoms with Crippen LogP contribution in [-0.2, 0) is 12.6 Å². The average molecular weight is 428 g/mol. The molecule has 134 valence electrons. The van der Waals surface area contributed by atoms with Gasteiger partial charge in [-0.3, -0.25) is 0 Å². The molecule has 0 amide bonds. The monoisotopic (exact) mass is 426 g/mol. The van der Waals surface area contributed by atoms with E-state index < -0.39 is 11.7 Å². The number of anilines is 1. The molecule has 0 heterocycles. The van der Waals surface area contributed by atoms with Crippen LogP contribution in [-0.4, -0.2) is 11.7 Å². The lowest BCUT2D eigenvalue weighted by Gasteiger charge is -2.14. The van der Waals surface area contributed by atoms with Crippen molar-refractivity contribution in [3.8, 4) is 0 Å². The minimum Gasteiger partial charge on any atom is -0.362 e. The zero-order valence-corrected chi connectivity index (χ0v) is 15.6. The number of benzene rings is 2. The standard InChI is InChI=1S/C16H12Cl3F3N2S/c17-12-4-2-10(8-11(12)16(20,21)22)24-15(25)23-6-5-9-1-3-13(18)14(19)7-9/h1-4,7-8H,5-6H2,(H2,23,24,25). The predicted molar refractivity (Wildman–Crippen MR) is 101 cm³/mol. The fourth-order valence-electron chi connectivity index (χ4n) is 2.01. The van der Waals surface area contributed by atoms with Gasteiger partial charge in [0.25, 0.3) is 0 Å². The van der Waals surface area contributed by atoms with Crippen molar-refractivity contribution in [1.82, 2.24) is 5.32 Å². The van der Waals surface area contributed by atoms with Crippen molar-refractivity contribution in [2.24, 2.45) is 0 Å². The number of alkyl halides is 3. The van der Waals surface area contributed by atoms with Crippen LogP contribution in [0.2, 0.25) is 15.1 Å². The van der Waals surface area contributed by atoms with Crippen LogP contribution in [0.5, 0.6) is 0 Å². The third-order valence-corrected chi connectivity index (χ3v) is 4.53. The molecule has 0 unspecified atom stereocenters. The number of rotatable bonds is 4. The number of nitrogens with one attached hydrogen (secondary N) is 2. The van der Waals surface area contributed by atoms with Crippen LogP contribution < -0.4 is 10.6 Å². The van der Waals surface area contributed by atoms with Crippen molar-refractivity contribution in [2.45, 2.75) is 12.6 Å². The highest BCUT2D eigenvalue weighted by atomic mass is 35.5. The third-order valence-electron chi connectivity index (χ3n) is 3.21. The molecule has 0 aromatic heterocycles. The van der Waals surface area contributed by atoms with E-state index in [0.29, 0.717) is 23.0 Å². The Morgan fingerprint density at radius 2 is 1.64 bits per heavy atom. The maximum Gasteiger partial charge on any atom is 0.417 e. The summed E-state index contributed by atoms with van der Waals surface area (Å²) in [5.74, 6) is 0. The van der Waals surface area contributed by atoms with Crippen molar-refractivity contribution in [2.75, 3.05) is 11.9 Å². The molecule has 0 fully saturated rings. The molecule has 2 rings (SSSR count). The summed E-state index contributed by atoms with van der Waals surface area (Å²) in [6.07, 6.45) is -3.91. The van der Waals surface area contributed by atoms with E-state index in [0.717, 1.165) is 11.6 Å². The fourth-order valence-corrected chi connectivity index (χ4v) is 2.78. The Hall–Kier alpha value is -1.21. The van der Waals surface area contributed by atoms with E-state index in [2.05, 4.69) is 10.6 Å². The number of thiocarbonyl (C=S) groups is 1. The maximum atomic E-state index is 12.8. The molecule has 25 heavy (non-hydrogen) atoms. The molecule has 0 aliphatic carbocycles. The van der Waals surface area contributed by atoms with Gasteiger partial charge < -0.3 is 10.6 Å². The van der Waals surface area contributed by atoms with Gasteiger partial charge in [0.2, 0.25) is 0 Å². The fraction of sp³-hybridized carbons (Fsp3) is 0.188.